The van der Waals surface area contributed by atoms with Crippen molar-refractivity contribution in [3.63, 3.8) is 0 Å². The summed E-state index contributed by atoms with van der Waals surface area (Å²) in [6.07, 6.45) is -0.144. The normalized spacial score (nSPS) is 16.3. The first kappa shape index (κ1) is 19.3. The molecular weight excluding hydrogens is 332 g/mol. The van der Waals surface area contributed by atoms with Gasteiger partial charge in [0.2, 0.25) is 5.76 Å². The van der Waals surface area contributed by atoms with Gasteiger partial charge in [-0.2, -0.15) is 5.26 Å². The van der Waals surface area contributed by atoms with Crippen LogP contribution in [0, 0.1) is 11.3 Å². The summed E-state index contributed by atoms with van der Waals surface area (Å²) in [4.78, 5) is 25.3. The van der Waals surface area contributed by atoms with Crippen molar-refractivity contribution in [2.45, 2.75) is 32.6 Å². The Labute approximate surface area is 153 Å². The number of allylic oxidation sites excluding steroid dienone is 2. The molecule has 6 heteroatoms. The van der Waals surface area contributed by atoms with Gasteiger partial charge in [-0.05, 0) is 32.4 Å². The number of hydrogen-bond acceptors (Lipinski definition) is 6. The van der Waals surface area contributed by atoms with Crippen LogP contribution in [-0.2, 0) is 24.5 Å². The molecule has 1 aromatic rings. The molecule has 0 bridgehead atoms. The predicted molar refractivity (Wildman–Crippen MR) is 97.0 cm³/mol. The minimum atomic E-state index is -0.635. The molecule has 0 saturated heterocycles. The van der Waals surface area contributed by atoms with Crippen molar-refractivity contribution in [1.29, 1.82) is 5.26 Å². The van der Waals surface area contributed by atoms with Crippen molar-refractivity contribution in [3.8, 4) is 6.07 Å². The molecule has 0 radical (unpaired) electrons. The van der Waals surface area contributed by atoms with Crippen molar-refractivity contribution >= 4 is 17.6 Å². The maximum atomic E-state index is 12.1. The first-order valence-electron chi connectivity index (χ1n) is 8.21. The quantitative estimate of drug-likeness (QED) is 0.350. The van der Waals surface area contributed by atoms with Crippen LogP contribution >= 0.6 is 0 Å². The van der Waals surface area contributed by atoms with Gasteiger partial charge in [0.05, 0.1) is 12.1 Å². The van der Waals surface area contributed by atoms with E-state index in [-0.39, 0.29) is 24.4 Å². The molecule has 1 aliphatic heterocycles. The number of anilines is 1. The molecular formula is C20H22N2O4. The fraction of sp³-hybridized carbons (Fsp3) is 0.350. The number of likely N-dealkylation sites (N-methyl/N-ethyl adjacent to an activating group) is 1. The van der Waals surface area contributed by atoms with Gasteiger partial charge < -0.3 is 14.4 Å². The minimum Gasteiger partial charge on any atom is -0.462 e. The Balaban J connectivity index is 2.18. The van der Waals surface area contributed by atoms with Crippen molar-refractivity contribution in [2.24, 2.45) is 0 Å². The number of para-hydroxylation sites is 1. The van der Waals surface area contributed by atoms with Gasteiger partial charge in [0.15, 0.2) is 0 Å². The Bertz CT molecular complexity index is 830. The third-order valence-corrected chi connectivity index (χ3v) is 4.29. The Hall–Kier alpha value is -3.07. The summed E-state index contributed by atoms with van der Waals surface area (Å²) < 4.78 is 10.2. The largest absolute Gasteiger partial charge is 0.462 e. The lowest BCUT2D eigenvalue weighted by atomic mass is 9.83. The summed E-state index contributed by atoms with van der Waals surface area (Å²) in [5.41, 5.74) is 2.41. The summed E-state index contributed by atoms with van der Waals surface area (Å²) >= 11 is 0. The van der Waals surface area contributed by atoms with Gasteiger partial charge in [-0.25, -0.2) is 4.79 Å². The van der Waals surface area contributed by atoms with Crippen molar-refractivity contribution in [1.82, 2.24) is 0 Å². The second kappa shape index (κ2) is 7.44. The molecule has 0 amide bonds. The molecule has 0 saturated carbocycles. The number of nitriles is 1. The highest BCUT2D eigenvalue weighted by Gasteiger charge is 2.41. The maximum absolute atomic E-state index is 12.1. The topological polar surface area (TPSA) is 79.6 Å². The summed E-state index contributed by atoms with van der Waals surface area (Å²) in [6, 6.07) is 9.79. The second-order valence-electron chi connectivity index (χ2n) is 6.63. The standard InChI is InChI=1S/C20H22N2O4/c1-13(2)19(24)25-11-10-17(23)26-16(12-21)18-20(3,4)14-8-6-7-9-15(14)22(18)5/h6-9H,1,10-11H2,2-5H3/b18-16+. The van der Waals surface area contributed by atoms with Crippen LogP contribution in [0.5, 0.6) is 0 Å². The number of esters is 2. The highest BCUT2D eigenvalue weighted by molar-refractivity contribution is 5.87. The average Bonchev–Trinajstić information content (AvgIpc) is 2.79. The molecule has 136 valence electrons. The van der Waals surface area contributed by atoms with Gasteiger partial charge in [0.25, 0.3) is 0 Å². The Morgan fingerprint density at radius 3 is 2.54 bits per heavy atom. The van der Waals surface area contributed by atoms with Crippen LogP contribution in [0.15, 0.2) is 47.9 Å². The molecule has 26 heavy (non-hydrogen) atoms. The number of nitrogens with zero attached hydrogens (tertiary/aromatic N) is 2. The number of ether oxygens (including phenoxy) is 2. The molecule has 1 aromatic carbocycles. The van der Waals surface area contributed by atoms with Crippen LogP contribution in [0.3, 0.4) is 0 Å². The van der Waals surface area contributed by atoms with E-state index in [0.29, 0.717) is 5.70 Å². The van der Waals surface area contributed by atoms with E-state index in [1.807, 2.05) is 56.1 Å². The van der Waals surface area contributed by atoms with E-state index < -0.39 is 17.4 Å². The van der Waals surface area contributed by atoms with E-state index in [2.05, 4.69) is 6.58 Å². The maximum Gasteiger partial charge on any atom is 0.333 e. The van der Waals surface area contributed by atoms with E-state index in [4.69, 9.17) is 9.47 Å². The molecule has 6 nitrogen and oxygen atoms in total. The molecule has 0 aliphatic carbocycles. The van der Waals surface area contributed by atoms with Crippen LogP contribution in [0.2, 0.25) is 0 Å². The number of benzene rings is 1. The van der Waals surface area contributed by atoms with Crippen LogP contribution in [-0.4, -0.2) is 25.6 Å². The van der Waals surface area contributed by atoms with E-state index in [0.717, 1.165) is 11.3 Å². The molecule has 0 spiro atoms. The van der Waals surface area contributed by atoms with Gasteiger partial charge >= 0.3 is 11.9 Å². The van der Waals surface area contributed by atoms with Gasteiger partial charge in [-0.3, -0.25) is 4.79 Å². The van der Waals surface area contributed by atoms with E-state index >= 15 is 0 Å². The Morgan fingerprint density at radius 2 is 1.96 bits per heavy atom. The number of hydrogen-bond donors (Lipinski definition) is 0. The average molecular weight is 354 g/mol. The third kappa shape index (κ3) is 3.62. The Morgan fingerprint density at radius 1 is 1.31 bits per heavy atom. The summed E-state index contributed by atoms with van der Waals surface area (Å²) in [6.45, 7) is 8.81. The second-order valence-corrected chi connectivity index (χ2v) is 6.63. The minimum absolute atomic E-state index is 0.0510. The number of carbonyl (C=O) groups is 2. The molecule has 1 aliphatic rings. The van der Waals surface area contributed by atoms with Crippen molar-refractivity contribution in [2.75, 3.05) is 18.6 Å². The van der Waals surface area contributed by atoms with Crippen LogP contribution in [0.4, 0.5) is 5.69 Å². The summed E-state index contributed by atoms with van der Waals surface area (Å²) in [7, 11) is 1.84. The predicted octanol–water partition coefficient (Wildman–Crippen LogP) is 3.20. The molecule has 1 heterocycles. The van der Waals surface area contributed by atoms with Crippen LogP contribution in [0.1, 0.15) is 32.8 Å². The van der Waals surface area contributed by atoms with Crippen molar-refractivity contribution < 1.29 is 19.1 Å². The molecule has 0 atom stereocenters. The SMILES string of the molecule is C=C(C)C(=O)OCCC(=O)O/C(C#N)=C1/N(C)c2ccccc2C1(C)C. The third-order valence-electron chi connectivity index (χ3n) is 4.29. The zero-order chi connectivity index (χ0) is 19.5. The fourth-order valence-corrected chi connectivity index (χ4v) is 3.04. The van der Waals surface area contributed by atoms with Crippen molar-refractivity contribution in [3.05, 3.63) is 53.4 Å². The number of fused-ring (bicyclic) bond motifs is 1. The zero-order valence-electron chi connectivity index (χ0n) is 15.5. The molecule has 0 fully saturated rings. The van der Waals surface area contributed by atoms with Crippen LogP contribution in [0.25, 0.3) is 0 Å². The number of carbonyl (C=O) groups excluding carboxylic acids is 2. The lowest BCUT2D eigenvalue weighted by Crippen LogP contribution is -2.26. The van der Waals surface area contributed by atoms with Gasteiger partial charge in [0, 0.05) is 23.7 Å². The smallest absolute Gasteiger partial charge is 0.333 e. The highest BCUT2D eigenvalue weighted by atomic mass is 16.6. The van der Waals surface area contributed by atoms with Gasteiger partial charge in [0.1, 0.15) is 12.7 Å². The Kier molecular flexibility index (Phi) is 5.51. The lowest BCUT2D eigenvalue weighted by Gasteiger charge is -2.24. The highest BCUT2D eigenvalue weighted by Crippen LogP contribution is 2.47. The van der Waals surface area contributed by atoms with Gasteiger partial charge in [-0.1, -0.05) is 24.8 Å². The lowest BCUT2D eigenvalue weighted by molar-refractivity contribution is -0.144. The zero-order valence-corrected chi connectivity index (χ0v) is 15.5. The monoisotopic (exact) mass is 354 g/mol. The molecule has 0 unspecified atom stereocenters. The van der Waals surface area contributed by atoms with E-state index in [9.17, 15) is 14.9 Å². The molecule has 0 aromatic heterocycles. The van der Waals surface area contributed by atoms with Gasteiger partial charge in [-0.15, -0.1) is 0 Å². The first-order valence-corrected chi connectivity index (χ1v) is 8.21. The van der Waals surface area contributed by atoms with Crippen LogP contribution < -0.4 is 4.90 Å². The first-order chi connectivity index (χ1) is 12.2. The van der Waals surface area contributed by atoms with E-state index in [1.165, 1.54) is 6.92 Å². The van der Waals surface area contributed by atoms with E-state index in [1.54, 1.807) is 0 Å². The molecule has 2 rings (SSSR count). The number of rotatable bonds is 5. The summed E-state index contributed by atoms with van der Waals surface area (Å²) in [5, 5.41) is 9.54. The fourth-order valence-electron chi connectivity index (χ4n) is 3.04. The summed E-state index contributed by atoms with van der Waals surface area (Å²) in [5.74, 6) is -1.25. The molecule has 0 N–H and O–H groups in total.